The predicted octanol–water partition coefficient (Wildman–Crippen LogP) is 2.78. The minimum Gasteiger partial charge on any atom is -0.465 e. The van der Waals surface area contributed by atoms with Gasteiger partial charge < -0.3 is 19.2 Å². The molecule has 2 aromatic carbocycles. The van der Waals surface area contributed by atoms with Gasteiger partial charge in [-0.15, -0.1) is 0 Å². The van der Waals surface area contributed by atoms with Crippen molar-refractivity contribution in [2.45, 2.75) is 13.1 Å². The summed E-state index contributed by atoms with van der Waals surface area (Å²) >= 11 is 0. The van der Waals surface area contributed by atoms with Crippen molar-refractivity contribution in [1.29, 1.82) is 0 Å². The highest BCUT2D eigenvalue weighted by Gasteiger charge is 2.16. The Morgan fingerprint density at radius 2 is 1.50 bits per heavy atom. The van der Waals surface area contributed by atoms with Crippen LogP contribution in [0.2, 0.25) is 0 Å². The first-order chi connectivity index (χ1) is 13.6. The van der Waals surface area contributed by atoms with E-state index < -0.39 is 11.9 Å². The normalized spacial score (nSPS) is 10.5. The Morgan fingerprint density at radius 3 is 2.11 bits per heavy atom. The number of ether oxygens (including phenoxy) is 2. The van der Waals surface area contributed by atoms with E-state index in [0.717, 1.165) is 12.3 Å². The van der Waals surface area contributed by atoms with Crippen molar-refractivity contribution in [2.75, 3.05) is 14.2 Å². The second-order valence-corrected chi connectivity index (χ2v) is 6.23. The van der Waals surface area contributed by atoms with Gasteiger partial charge in [0.05, 0.1) is 25.3 Å². The van der Waals surface area contributed by atoms with Crippen molar-refractivity contribution >= 4 is 11.9 Å². The van der Waals surface area contributed by atoms with Crippen LogP contribution in [0.15, 0.2) is 65.1 Å². The first-order valence-corrected chi connectivity index (χ1v) is 8.87. The van der Waals surface area contributed by atoms with Gasteiger partial charge >= 0.3 is 11.9 Å². The van der Waals surface area contributed by atoms with Gasteiger partial charge in [0.1, 0.15) is 18.8 Å². The summed E-state index contributed by atoms with van der Waals surface area (Å²) in [6.07, 6.45) is 0. The molecule has 6 heteroatoms. The van der Waals surface area contributed by atoms with Crippen molar-refractivity contribution in [3.05, 3.63) is 83.1 Å². The molecule has 0 aliphatic carbocycles. The Hall–Kier alpha value is -3.38. The number of esters is 2. The highest BCUT2D eigenvalue weighted by Crippen LogP contribution is 2.25. The summed E-state index contributed by atoms with van der Waals surface area (Å²) in [5, 5.41) is 2.14. The molecule has 6 nitrogen and oxygen atoms in total. The molecule has 0 bridgehead atoms. The molecule has 1 aromatic heterocycles. The van der Waals surface area contributed by atoms with Gasteiger partial charge in [-0.2, -0.15) is 0 Å². The second-order valence-electron chi connectivity index (χ2n) is 6.23. The third-order valence-electron chi connectivity index (χ3n) is 4.29. The van der Waals surface area contributed by atoms with E-state index in [-0.39, 0.29) is 11.1 Å². The van der Waals surface area contributed by atoms with E-state index >= 15 is 0 Å². The molecule has 1 heterocycles. The van der Waals surface area contributed by atoms with E-state index in [9.17, 15) is 9.59 Å². The summed E-state index contributed by atoms with van der Waals surface area (Å²) in [6.45, 7) is 1.52. The third-order valence-corrected chi connectivity index (χ3v) is 4.29. The topological polar surface area (TPSA) is 82.4 Å². The lowest BCUT2D eigenvalue weighted by atomic mass is 10.0. The first kappa shape index (κ1) is 19.4. The monoisotopic (exact) mass is 380 g/mol. The van der Waals surface area contributed by atoms with Crippen molar-refractivity contribution in [3.63, 3.8) is 0 Å². The average Bonchev–Trinajstić information content (AvgIpc) is 3.22. The SMILES string of the molecule is COC(=O)c1cc(C(=O)OC)cc(-c2ccc(C[NH2+]Cc3ccccc3)o2)c1. The molecule has 3 aromatic rings. The number of carbonyl (C=O) groups is 2. The number of hydrogen-bond donors (Lipinski definition) is 1. The van der Waals surface area contributed by atoms with Crippen LogP contribution in [-0.2, 0) is 22.6 Å². The zero-order chi connectivity index (χ0) is 19.9. The highest BCUT2D eigenvalue weighted by molar-refractivity contribution is 5.97. The molecule has 0 amide bonds. The van der Waals surface area contributed by atoms with Crippen LogP contribution in [0.5, 0.6) is 0 Å². The number of nitrogens with two attached hydrogens (primary N) is 1. The maximum Gasteiger partial charge on any atom is 0.337 e. The minimum atomic E-state index is -0.532. The number of quaternary nitrogens is 1. The average molecular weight is 380 g/mol. The van der Waals surface area contributed by atoms with Crippen LogP contribution in [0, 0.1) is 0 Å². The van der Waals surface area contributed by atoms with Crippen LogP contribution in [0.4, 0.5) is 0 Å². The lowest BCUT2D eigenvalue weighted by Crippen LogP contribution is -2.80. The van der Waals surface area contributed by atoms with Gasteiger partial charge in [-0.05, 0) is 30.3 Å². The molecule has 0 aliphatic rings. The molecule has 0 radical (unpaired) electrons. The Morgan fingerprint density at radius 1 is 0.857 bits per heavy atom. The molecule has 28 heavy (non-hydrogen) atoms. The maximum atomic E-state index is 11.9. The van der Waals surface area contributed by atoms with E-state index in [1.807, 2.05) is 30.3 Å². The largest absolute Gasteiger partial charge is 0.465 e. The van der Waals surface area contributed by atoms with Crippen LogP contribution in [0.25, 0.3) is 11.3 Å². The van der Waals surface area contributed by atoms with Crippen LogP contribution < -0.4 is 5.32 Å². The van der Waals surface area contributed by atoms with Crippen molar-refractivity contribution in [1.82, 2.24) is 0 Å². The van der Waals surface area contributed by atoms with Gasteiger partial charge in [-0.25, -0.2) is 9.59 Å². The van der Waals surface area contributed by atoms with E-state index in [4.69, 9.17) is 13.9 Å². The molecule has 0 saturated carbocycles. The number of carbonyl (C=O) groups excluding carboxylic acids is 2. The molecule has 0 atom stereocenters. The Bertz CT molecular complexity index is 928. The fraction of sp³-hybridized carbons (Fsp3) is 0.182. The van der Waals surface area contributed by atoms with E-state index in [1.165, 1.54) is 25.8 Å². The Labute approximate surface area is 163 Å². The molecular formula is C22H22NO5+. The number of hydrogen-bond acceptors (Lipinski definition) is 5. The number of methoxy groups -OCH3 is 2. The zero-order valence-electron chi connectivity index (χ0n) is 15.8. The molecule has 144 valence electrons. The molecule has 2 N–H and O–H groups in total. The summed E-state index contributed by atoms with van der Waals surface area (Å²) in [6, 6.07) is 18.6. The molecule has 0 spiro atoms. The summed E-state index contributed by atoms with van der Waals surface area (Å²) in [5.41, 5.74) is 2.36. The molecular weight excluding hydrogens is 358 g/mol. The van der Waals surface area contributed by atoms with Crippen LogP contribution in [0.1, 0.15) is 32.0 Å². The number of furan rings is 1. The van der Waals surface area contributed by atoms with Gasteiger partial charge in [0.2, 0.25) is 0 Å². The fourth-order valence-corrected chi connectivity index (χ4v) is 2.88. The van der Waals surface area contributed by atoms with Crippen LogP contribution in [-0.4, -0.2) is 26.2 Å². The lowest BCUT2D eigenvalue weighted by Gasteiger charge is -2.06. The third kappa shape index (κ3) is 4.66. The lowest BCUT2D eigenvalue weighted by molar-refractivity contribution is -0.687. The van der Waals surface area contributed by atoms with Crippen molar-refractivity contribution in [3.8, 4) is 11.3 Å². The minimum absolute atomic E-state index is 0.258. The first-order valence-electron chi connectivity index (χ1n) is 8.87. The summed E-state index contributed by atoms with van der Waals surface area (Å²) < 4.78 is 15.4. The van der Waals surface area contributed by atoms with Gasteiger partial charge in [-0.3, -0.25) is 0 Å². The summed E-state index contributed by atoms with van der Waals surface area (Å²) in [7, 11) is 2.58. The number of rotatable bonds is 7. The maximum absolute atomic E-state index is 11.9. The molecule has 0 aliphatic heterocycles. The second kappa shape index (κ2) is 9.01. The van der Waals surface area contributed by atoms with Gasteiger partial charge in [0.15, 0.2) is 5.76 Å². The van der Waals surface area contributed by atoms with Crippen molar-refractivity contribution in [2.24, 2.45) is 0 Å². The quantitative estimate of drug-likeness (QED) is 0.638. The summed E-state index contributed by atoms with van der Waals surface area (Å²) in [5.74, 6) is 0.304. The molecule has 0 fully saturated rings. The van der Waals surface area contributed by atoms with E-state index in [0.29, 0.717) is 17.9 Å². The van der Waals surface area contributed by atoms with Gasteiger partial charge in [0.25, 0.3) is 0 Å². The Balaban J connectivity index is 1.77. The number of benzene rings is 2. The Kier molecular flexibility index (Phi) is 6.24. The summed E-state index contributed by atoms with van der Waals surface area (Å²) in [4.78, 5) is 23.9. The molecule has 0 saturated heterocycles. The van der Waals surface area contributed by atoms with Crippen LogP contribution in [0.3, 0.4) is 0 Å². The predicted molar refractivity (Wildman–Crippen MR) is 103 cm³/mol. The molecule has 0 unspecified atom stereocenters. The van der Waals surface area contributed by atoms with Gasteiger partial charge in [-0.1, -0.05) is 30.3 Å². The zero-order valence-corrected chi connectivity index (χ0v) is 15.8. The van der Waals surface area contributed by atoms with E-state index in [1.54, 1.807) is 12.1 Å². The smallest absolute Gasteiger partial charge is 0.337 e. The van der Waals surface area contributed by atoms with Crippen LogP contribution >= 0.6 is 0 Å². The van der Waals surface area contributed by atoms with Gasteiger partial charge in [0, 0.05) is 11.1 Å². The van der Waals surface area contributed by atoms with E-state index in [2.05, 4.69) is 17.4 Å². The highest BCUT2D eigenvalue weighted by atomic mass is 16.5. The standard InChI is InChI=1S/C22H21NO5/c1-26-21(24)17-10-16(11-18(12-17)22(25)27-2)20-9-8-19(28-20)14-23-13-15-6-4-3-5-7-15/h3-12,23H,13-14H2,1-2H3/p+1. The molecule has 3 rings (SSSR count). The van der Waals surface area contributed by atoms with Crippen molar-refractivity contribution < 1.29 is 28.8 Å². The fourth-order valence-electron chi connectivity index (χ4n) is 2.88.